The number of hydrogen-bond donors (Lipinski definition) is 0. The molecule has 0 unspecified atom stereocenters. The van der Waals surface area contributed by atoms with Crippen LogP contribution in [0, 0.1) is 12.8 Å². The van der Waals surface area contributed by atoms with E-state index in [1.54, 1.807) is 19.1 Å². The predicted molar refractivity (Wildman–Crippen MR) is 62.5 cm³/mol. The van der Waals surface area contributed by atoms with E-state index in [0.29, 0.717) is 18.2 Å². The summed E-state index contributed by atoms with van der Waals surface area (Å²) < 4.78 is 5.36. The maximum atomic E-state index is 11.8. The van der Waals surface area contributed by atoms with Crippen LogP contribution >= 0.6 is 0 Å². The lowest BCUT2D eigenvalue weighted by Crippen LogP contribution is -2.03. The molecule has 2 aromatic rings. The minimum atomic E-state index is 0.164. The fraction of sp³-hybridized carbons (Fsp3) is 0.385. The molecular weight excluding hydrogens is 202 g/mol. The number of carbonyl (C=O) groups is 1. The summed E-state index contributed by atoms with van der Waals surface area (Å²) in [6, 6.07) is 5.41. The number of benzene rings is 1. The van der Waals surface area contributed by atoms with Crippen LogP contribution < -0.4 is 0 Å². The van der Waals surface area contributed by atoms with E-state index in [2.05, 4.69) is 4.98 Å². The number of fused-ring (bicyclic) bond motifs is 1. The lowest BCUT2D eigenvalue weighted by molar-refractivity contribution is 0.0968. The van der Waals surface area contributed by atoms with Crippen molar-refractivity contribution in [3.8, 4) is 0 Å². The van der Waals surface area contributed by atoms with Gasteiger partial charge in [0.15, 0.2) is 17.3 Å². The van der Waals surface area contributed by atoms with E-state index in [0.717, 1.165) is 16.7 Å². The number of aryl methyl sites for hydroxylation is 1. The predicted octanol–water partition coefficient (Wildman–Crippen LogP) is 3.37. The van der Waals surface area contributed by atoms with E-state index in [1.807, 2.05) is 19.9 Å². The maximum absolute atomic E-state index is 11.8. The molecule has 3 nitrogen and oxygen atoms in total. The molecule has 2 rings (SSSR count). The fourth-order valence-corrected chi connectivity index (χ4v) is 1.70. The van der Waals surface area contributed by atoms with Crippen LogP contribution in [0.25, 0.3) is 11.1 Å². The highest BCUT2D eigenvalue weighted by molar-refractivity contribution is 5.98. The van der Waals surface area contributed by atoms with Crippen molar-refractivity contribution in [2.45, 2.75) is 27.2 Å². The summed E-state index contributed by atoms with van der Waals surface area (Å²) >= 11 is 0. The summed E-state index contributed by atoms with van der Waals surface area (Å²) in [5.41, 5.74) is 2.21. The van der Waals surface area contributed by atoms with Crippen LogP contribution in [0.2, 0.25) is 0 Å². The Morgan fingerprint density at radius 1 is 1.44 bits per heavy atom. The van der Waals surface area contributed by atoms with E-state index in [-0.39, 0.29) is 5.78 Å². The molecule has 16 heavy (non-hydrogen) atoms. The van der Waals surface area contributed by atoms with E-state index in [1.165, 1.54) is 0 Å². The number of aromatic nitrogens is 1. The molecule has 0 atom stereocenters. The second-order valence-corrected chi connectivity index (χ2v) is 4.44. The van der Waals surface area contributed by atoms with Crippen LogP contribution in [0.4, 0.5) is 0 Å². The van der Waals surface area contributed by atoms with Crippen molar-refractivity contribution in [2.75, 3.05) is 0 Å². The third-order valence-electron chi connectivity index (χ3n) is 2.41. The van der Waals surface area contributed by atoms with Crippen LogP contribution in [0.15, 0.2) is 22.6 Å². The smallest absolute Gasteiger partial charge is 0.192 e. The van der Waals surface area contributed by atoms with Crippen LogP contribution in [-0.4, -0.2) is 10.8 Å². The van der Waals surface area contributed by atoms with Crippen LogP contribution in [0.5, 0.6) is 0 Å². The minimum absolute atomic E-state index is 0.164. The third kappa shape index (κ3) is 2.13. The monoisotopic (exact) mass is 217 g/mol. The third-order valence-corrected chi connectivity index (χ3v) is 2.41. The molecule has 0 aliphatic rings. The Morgan fingerprint density at radius 3 is 2.88 bits per heavy atom. The second kappa shape index (κ2) is 4.08. The molecule has 0 saturated heterocycles. The van der Waals surface area contributed by atoms with Gasteiger partial charge in [0.05, 0.1) is 0 Å². The molecular formula is C13H15NO2. The van der Waals surface area contributed by atoms with Crippen molar-refractivity contribution in [1.82, 2.24) is 4.98 Å². The van der Waals surface area contributed by atoms with Crippen molar-refractivity contribution < 1.29 is 9.21 Å². The molecule has 84 valence electrons. The first-order chi connectivity index (χ1) is 7.56. The average molecular weight is 217 g/mol. The van der Waals surface area contributed by atoms with Crippen LogP contribution in [0.3, 0.4) is 0 Å². The van der Waals surface area contributed by atoms with Gasteiger partial charge >= 0.3 is 0 Å². The summed E-state index contributed by atoms with van der Waals surface area (Å²) in [6.45, 7) is 5.88. The SMILES string of the molecule is Cc1nc2cc(C(=O)CC(C)C)ccc2o1. The highest BCUT2D eigenvalue weighted by Crippen LogP contribution is 2.18. The zero-order valence-corrected chi connectivity index (χ0v) is 9.78. The summed E-state index contributed by atoms with van der Waals surface area (Å²) in [6.07, 6.45) is 0.572. The lowest BCUT2D eigenvalue weighted by Gasteiger charge is -2.03. The van der Waals surface area contributed by atoms with Gasteiger partial charge in [0.2, 0.25) is 0 Å². The van der Waals surface area contributed by atoms with Crippen molar-refractivity contribution in [2.24, 2.45) is 5.92 Å². The molecule has 1 heterocycles. The number of Topliss-reactive ketones (excluding diaryl/α,β-unsaturated/α-hetero) is 1. The molecule has 3 heteroatoms. The summed E-state index contributed by atoms with van der Waals surface area (Å²) in [5, 5.41) is 0. The topological polar surface area (TPSA) is 43.1 Å². The van der Waals surface area contributed by atoms with Crippen molar-refractivity contribution >= 4 is 16.9 Å². The summed E-state index contributed by atoms with van der Waals surface area (Å²) in [4.78, 5) is 16.1. The first-order valence-electron chi connectivity index (χ1n) is 5.46. The van der Waals surface area contributed by atoms with Gasteiger partial charge in [-0.2, -0.15) is 0 Å². The molecule has 0 N–H and O–H groups in total. The molecule has 0 aliphatic carbocycles. The van der Waals surface area contributed by atoms with Gasteiger partial charge in [-0.15, -0.1) is 0 Å². The van der Waals surface area contributed by atoms with Crippen molar-refractivity contribution in [1.29, 1.82) is 0 Å². The molecule has 0 amide bonds. The molecule has 0 aliphatic heterocycles. The first-order valence-corrected chi connectivity index (χ1v) is 5.46. The van der Waals surface area contributed by atoms with Crippen LogP contribution in [0.1, 0.15) is 36.5 Å². The Morgan fingerprint density at radius 2 is 2.19 bits per heavy atom. The number of nitrogens with zero attached hydrogens (tertiary/aromatic N) is 1. The number of ketones is 1. The van der Waals surface area contributed by atoms with Gasteiger partial charge in [0, 0.05) is 18.9 Å². The Kier molecular flexibility index (Phi) is 2.77. The van der Waals surface area contributed by atoms with Gasteiger partial charge in [0.25, 0.3) is 0 Å². The zero-order chi connectivity index (χ0) is 11.7. The Labute approximate surface area is 94.5 Å². The van der Waals surface area contributed by atoms with E-state index in [9.17, 15) is 4.79 Å². The molecule has 0 spiro atoms. The van der Waals surface area contributed by atoms with Gasteiger partial charge in [-0.1, -0.05) is 13.8 Å². The Hall–Kier alpha value is -1.64. The Balaban J connectivity index is 2.35. The minimum Gasteiger partial charge on any atom is -0.441 e. The van der Waals surface area contributed by atoms with Crippen molar-refractivity contribution in [3.63, 3.8) is 0 Å². The molecule has 0 saturated carbocycles. The average Bonchev–Trinajstić information content (AvgIpc) is 2.55. The van der Waals surface area contributed by atoms with Gasteiger partial charge in [-0.3, -0.25) is 4.79 Å². The summed E-state index contributed by atoms with van der Waals surface area (Å²) in [5.74, 6) is 1.17. The van der Waals surface area contributed by atoms with E-state index < -0.39 is 0 Å². The second-order valence-electron chi connectivity index (χ2n) is 4.44. The molecule has 0 fully saturated rings. The van der Waals surface area contributed by atoms with E-state index >= 15 is 0 Å². The van der Waals surface area contributed by atoms with Gasteiger partial charge < -0.3 is 4.42 Å². The zero-order valence-electron chi connectivity index (χ0n) is 9.78. The maximum Gasteiger partial charge on any atom is 0.192 e. The highest BCUT2D eigenvalue weighted by atomic mass is 16.3. The molecule has 0 radical (unpaired) electrons. The van der Waals surface area contributed by atoms with Gasteiger partial charge in [0.1, 0.15) is 5.52 Å². The number of carbonyl (C=O) groups excluding carboxylic acids is 1. The largest absolute Gasteiger partial charge is 0.441 e. The standard InChI is InChI=1S/C13H15NO2/c1-8(2)6-12(15)10-4-5-13-11(7-10)14-9(3)16-13/h4-5,7-8H,6H2,1-3H3. The molecule has 0 bridgehead atoms. The summed E-state index contributed by atoms with van der Waals surface area (Å²) in [7, 11) is 0. The lowest BCUT2D eigenvalue weighted by atomic mass is 10.0. The first kappa shape index (κ1) is 10.9. The van der Waals surface area contributed by atoms with Crippen LogP contribution in [-0.2, 0) is 0 Å². The van der Waals surface area contributed by atoms with Gasteiger partial charge in [-0.25, -0.2) is 4.98 Å². The highest BCUT2D eigenvalue weighted by Gasteiger charge is 2.10. The fourth-order valence-electron chi connectivity index (χ4n) is 1.70. The number of rotatable bonds is 3. The molecule has 1 aromatic heterocycles. The van der Waals surface area contributed by atoms with Gasteiger partial charge in [-0.05, 0) is 24.1 Å². The quantitative estimate of drug-likeness (QED) is 0.740. The molecule has 1 aromatic carbocycles. The number of oxazole rings is 1. The van der Waals surface area contributed by atoms with E-state index in [4.69, 9.17) is 4.42 Å². The number of hydrogen-bond acceptors (Lipinski definition) is 3. The normalized spacial score (nSPS) is 11.2. The Bertz CT molecular complexity index is 526. The van der Waals surface area contributed by atoms with Crippen molar-refractivity contribution in [3.05, 3.63) is 29.7 Å².